The lowest BCUT2D eigenvalue weighted by Gasteiger charge is -2.31. The van der Waals surface area contributed by atoms with Crippen molar-refractivity contribution in [2.24, 2.45) is 10.8 Å². The molecule has 31 heavy (non-hydrogen) atoms. The van der Waals surface area contributed by atoms with Gasteiger partial charge in [0.25, 0.3) is 0 Å². The molecular formula is C21H26I2O8. The number of hydrogen-bond donors (Lipinski definition) is 1. The minimum atomic E-state index is -0.952. The van der Waals surface area contributed by atoms with Gasteiger partial charge in [-0.15, -0.1) is 0 Å². The molecule has 1 saturated heterocycles. The topological polar surface area (TPSA) is 112 Å². The van der Waals surface area contributed by atoms with E-state index in [1.807, 2.05) is 45.2 Å². The van der Waals surface area contributed by atoms with Gasteiger partial charge in [-0.2, -0.15) is 0 Å². The predicted molar refractivity (Wildman–Crippen MR) is 128 cm³/mol. The molecule has 0 amide bonds. The summed E-state index contributed by atoms with van der Waals surface area (Å²) < 4.78 is 22.0. The average Bonchev–Trinajstić information content (AvgIpc) is 3.49. The zero-order chi connectivity index (χ0) is 23.4. The first-order valence-electron chi connectivity index (χ1n) is 9.65. The summed E-state index contributed by atoms with van der Waals surface area (Å²) in [4.78, 5) is 37.1. The highest BCUT2D eigenvalue weighted by Gasteiger charge is 2.41. The van der Waals surface area contributed by atoms with E-state index in [1.54, 1.807) is 33.8 Å². The fourth-order valence-corrected chi connectivity index (χ4v) is 4.89. The van der Waals surface area contributed by atoms with Crippen molar-refractivity contribution in [3.63, 3.8) is 0 Å². The molecule has 172 valence electrons. The number of epoxide rings is 1. The largest absolute Gasteiger partial charge is 0.506 e. The van der Waals surface area contributed by atoms with Crippen LogP contribution in [0.2, 0.25) is 0 Å². The molecular weight excluding hydrogens is 634 g/mol. The van der Waals surface area contributed by atoms with E-state index in [4.69, 9.17) is 18.9 Å². The van der Waals surface area contributed by atoms with Crippen LogP contribution in [0.1, 0.15) is 44.5 Å². The minimum absolute atomic E-state index is 0.0230. The van der Waals surface area contributed by atoms with Gasteiger partial charge in [-0.3, -0.25) is 9.59 Å². The van der Waals surface area contributed by atoms with Gasteiger partial charge < -0.3 is 24.1 Å². The summed E-state index contributed by atoms with van der Waals surface area (Å²) in [6, 6.07) is 3.25. The number of ether oxygens (including phenoxy) is 4. The lowest BCUT2D eigenvalue weighted by atomic mass is 9.75. The molecule has 0 spiro atoms. The van der Waals surface area contributed by atoms with Gasteiger partial charge in [0.15, 0.2) is 0 Å². The monoisotopic (exact) mass is 660 g/mol. The Hall–Kier alpha value is -1.15. The van der Waals surface area contributed by atoms with Crippen molar-refractivity contribution >= 4 is 63.1 Å². The number of phenols is 1. The van der Waals surface area contributed by atoms with Gasteiger partial charge in [-0.25, -0.2) is 4.79 Å². The Kier molecular flexibility index (Phi) is 8.96. The number of benzene rings is 1. The van der Waals surface area contributed by atoms with Crippen LogP contribution >= 0.6 is 45.2 Å². The highest BCUT2D eigenvalue weighted by molar-refractivity contribution is 14.1. The number of halogens is 2. The van der Waals surface area contributed by atoms with Gasteiger partial charge in [-0.1, -0.05) is 0 Å². The Morgan fingerprint density at radius 3 is 2.16 bits per heavy atom. The third-order valence-corrected chi connectivity index (χ3v) is 6.03. The molecule has 8 nitrogen and oxygen atoms in total. The molecule has 0 radical (unpaired) electrons. The van der Waals surface area contributed by atoms with E-state index in [2.05, 4.69) is 0 Å². The van der Waals surface area contributed by atoms with Crippen molar-refractivity contribution in [3.8, 4) is 5.75 Å². The molecule has 2 rings (SSSR count). The molecule has 0 saturated carbocycles. The fraction of sp³-hybridized carbons (Fsp3) is 0.571. The lowest BCUT2D eigenvalue weighted by molar-refractivity contribution is -0.162. The normalized spacial score (nSPS) is 15.9. The highest BCUT2D eigenvalue weighted by Crippen LogP contribution is 2.36. The van der Waals surface area contributed by atoms with Crippen LogP contribution in [0.25, 0.3) is 0 Å². The van der Waals surface area contributed by atoms with Gasteiger partial charge >= 0.3 is 17.9 Å². The average molecular weight is 660 g/mol. The molecule has 1 atom stereocenters. The maximum absolute atomic E-state index is 12.5. The summed E-state index contributed by atoms with van der Waals surface area (Å²) >= 11 is 3.96. The fourth-order valence-electron chi connectivity index (χ4n) is 3.04. The molecule has 10 heteroatoms. The van der Waals surface area contributed by atoms with Gasteiger partial charge in [-0.05, 0) is 91.4 Å². The number of carbonyl (C=O) groups is 3. The van der Waals surface area contributed by atoms with Crippen molar-refractivity contribution in [2.45, 2.75) is 40.2 Å². The maximum atomic E-state index is 12.5. The molecule has 1 fully saturated rings. The molecule has 1 unspecified atom stereocenters. The Balaban J connectivity index is 1.81. The molecule has 1 N–H and O–H groups in total. The van der Waals surface area contributed by atoms with E-state index in [1.165, 1.54) is 6.07 Å². The third kappa shape index (κ3) is 7.74. The third-order valence-electron chi connectivity index (χ3n) is 4.59. The number of hydrogen-bond acceptors (Lipinski definition) is 8. The van der Waals surface area contributed by atoms with Crippen molar-refractivity contribution in [3.05, 3.63) is 24.8 Å². The van der Waals surface area contributed by atoms with E-state index >= 15 is 0 Å². The van der Waals surface area contributed by atoms with Crippen LogP contribution < -0.4 is 0 Å². The van der Waals surface area contributed by atoms with Crippen molar-refractivity contribution in [1.29, 1.82) is 0 Å². The molecule has 0 bridgehead atoms. The molecule has 1 aliphatic rings. The first kappa shape index (κ1) is 26.1. The minimum Gasteiger partial charge on any atom is -0.506 e. The first-order chi connectivity index (χ1) is 14.3. The number of phenolic OH excluding ortho intramolecular Hbond substituents is 1. The zero-order valence-corrected chi connectivity index (χ0v) is 22.1. The highest BCUT2D eigenvalue weighted by atomic mass is 127. The molecule has 0 aliphatic carbocycles. The van der Waals surface area contributed by atoms with Gasteiger partial charge in [0.1, 0.15) is 37.2 Å². The molecule has 1 aromatic rings. The summed E-state index contributed by atoms with van der Waals surface area (Å²) in [5.41, 5.74) is -1.78. The van der Waals surface area contributed by atoms with E-state index in [0.29, 0.717) is 10.2 Å². The first-order valence-corrected chi connectivity index (χ1v) is 11.8. The Morgan fingerprint density at radius 1 is 1.03 bits per heavy atom. The van der Waals surface area contributed by atoms with Gasteiger partial charge in [0, 0.05) is 3.57 Å². The second-order valence-electron chi connectivity index (χ2n) is 8.55. The maximum Gasteiger partial charge on any atom is 0.342 e. The molecule has 1 heterocycles. The second-order valence-corrected chi connectivity index (χ2v) is 11.0. The van der Waals surface area contributed by atoms with E-state index in [0.717, 1.165) is 3.57 Å². The van der Waals surface area contributed by atoms with Crippen molar-refractivity contribution < 1.29 is 38.4 Å². The molecule has 1 aliphatic heterocycles. The predicted octanol–water partition coefficient (Wildman–Crippen LogP) is 3.69. The SMILES string of the molecule is CC(C)(CC(C)(C)C(=O)OCC1CO1)C(=O)OCCOC(=O)c1cc(I)cc(I)c1O. The number of aromatic hydroxyl groups is 1. The summed E-state index contributed by atoms with van der Waals surface area (Å²) in [5.74, 6) is -1.76. The van der Waals surface area contributed by atoms with Crippen LogP contribution in [0, 0.1) is 18.0 Å². The number of carbonyl (C=O) groups excluding carboxylic acids is 3. The zero-order valence-electron chi connectivity index (χ0n) is 17.8. The molecule has 1 aromatic carbocycles. The lowest BCUT2D eigenvalue weighted by Crippen LogP contribution is -2.37. The quantitative estimate of drug-likeness (QED) is 0.133. The number of esters is 3. The van der Waals surface area contributed by atoms with Crippen molar-refractivity contribution in [1.82, 2.24) is 0 Å². The van der Waals surface area contributed by atoms with Crippen molar-refractivity contribution in [2.75, 3.05) is 26.4 Å². The van der Waals surface area contributed by atoms with Gasteiger partial charge in [0.2, 0.25) is 0 Å². The van der Waals surface area contributed by atoms with E-state index < -0.39 is 28.7 Å². The summed E-state index contributed by atoms with van der Waals surface area (Å²) in [6.07, 6.45) is 0.197. The second kappa shape index (κ2) is 10.6. The van der Waals surface area contributed by atoms with Crippen LogP contribution in [-0.2, 0) is 28.5 Å². The Morgan fingerprint density at radius 2 is 1.58 bits per heavy atom. The smallest absolute Gasteiger partial charge is 0.342 e. The van der Waals surface area contributed by atoms with E-state index in [-0.39, 0.29) is 43.7 Å². The Bertz CT molecular complexity index is 846. The molecule has 0 aromatic heterocycles. The summed E-state index contributed by atoms with van der Waals surface area (Å²) in [7, 11) is 0. The standard InChI is InChI=1S/C21H26I2O8/c1-20(2,11-21(3,4)19(27)31-10-13-9-30-13)18(26)29-6-5-28-17(25)14-7-12(22)8-15(23)16(14)24/h7-8,13,24H,5-6,9-11H2,1-4H3. The summed E-state index contributed by atoms with van der Waals surface area (Å²) in [6.45, 7) is 7.32. The van der Waals surface area contributed by atoms with E-state index in [9.17, 15) is 19.5 Å². The van der Waals surface area contributed by atoms with Crippen LogP contribution in [0.15, 0.2) is 12.1 Å². The van der Waals surface area contributed by atoms with Crippen LogP contribution in [0.5, 0.6) is 5.75 Å². The summed E-state index contributed by atoms with van der Waals surface area (Å²) in [5, 5.41) is 10.0. The van der Waals surface area contributed by atoms with Crippen LogP contribution in [0.4, 0.5) is 0 Å². The van der Waals surface area contributed by atoms with Crippen LogP contribution in [0.3, 0.4) is 0 Å². The number of rotatable bonds is 10. The van der Waals surface area contributed by atoms with Crippen LogP contribution in [-0.4, -0.2) is 55.5 Å². The Labute approximate surface area is 208 Å². The van der Waals surface area contributed by atoms with Gasteiger partial charge in [0.05, 0.1) is 21.0 Å².